The molecule has 0 spiro atoms. The highest BCUT2D eigenvalue weighted by atomic mass is 32.2. The van der Waals surface area contributed by atoms with Crippen molar-refractivity contribution in [2.75, 3.05) is 26.3 Å². The van der Waals surface area contributed by atoms with Gasteiger partial charge in [0, 0.05) is 12.1 Å². The Morgan fingerprint density at radius 1 is 1.15 bits per heavy atom. The lowest BCUT2D eigenvalue weighted by Crippen LogP contribution is -2.24. The van der Waals surface area contributed by atoms with Crippen molar-refractivity contribution in [1.29, 1.82) is 0 Å². The van der Waals surface area contributed by atoms with E-state index in [0.29, 0.717) is 27.5 Å². The second-order valence-corrected chi connectivity index (χ2v) is 9.89. The maximum absolute atomic E-state index is 12.7. The van der Waals surface area contributed by atoms with E-state index in [1.165, 1.54) is 35.9 Å². The predicted octanol–water partition coefficient (Wildman–Crippen LogP) is 1.90. The molecule has 0 fully saturated rings. The number of carbonyl (C=O) groups excluding carboxylic acids is 2. The van der Waals surface area contributed by atoms with Crippen LogP contribution in [0.2, 0.25) is 0 Å². The topological polar surface area (TPSA) is 122 Å². The Labute approximate surface area is 192 Å². The number of nitrogens with zero attached hydrogens (tertiary/aromatic N) is 2. The number of methoxy groups -OCH3 is 1. The van der Waals surface area contributed by atoms with Crippen LogP contribution in [0.15, 0.2) is 46.3 Å². The molecule has 1 aromatic heterocycles. The molecule has 1 aliphatic heterocycles. The summed E-state index contributed by atoms with van der Waals surface area (Å²) in [7, 11) is -2.45. The van der Waals surface area contributed by atoms with E-state index in [2.05, 4.69) is 4.99 Å². The van der Waals surface area contributed by atoms with Gasteiger partial charge in [-0.25, -0.2) is 8.42 Å². The minimum atomic E-state index is -3.92. The highest BCUT2D eigenvalue weighted by molar-refractivity contribution is 7.92. The molecule has 0 N–H and O–H groups in total. The van der Waals surface area contributed by atoms with Crippen LogP contribution < -0.4 is 19.0 Å². The average molecular weight is 493 g/mol. The maximum Gasteiger partial charge on any atom is 0.326 e. The van der Waals surface area contributed by atoms with Gasteiger partial charge in [0.2, 0.25) is 6.79 Å². The number of rotatable bonds is 7. The summed E-state index contributed by atoms with van der Waals surface area (Å²) < 4.78 is 48.3. The number of thiazole rings is 1. The largest absolute Gasteiger partial charge is 0.497 e. The quantitative estimate of drug-likeness (QED) is 0.459. The number of benzene rings is 2. The van der Waals surface area contributed by atoms with Crippen molar-refractivity contribution in [3.63, 3.8) is 0 Å². The van der Waals surface area contributed by atoms with Crippen molar-refractivity contribution in [1.82, 2.24) is 4.57 Å². The fourth-order valence-corrected chi connectivity index (χ4v) is 5.37. The number of carbonyl (C=O) groups is 2. The molecule has 4 rings (SSSR count). The molecule has 10 nitrogen and oxygen atoms in total. The first kappa shape index (κ1) is 22.8. The molecule has 0 saturated carbocycles. The molecule has 1 aliphatic rings. The van der Waals surface area contributed by atoms with Gasteiger partial charge in [0.15, 0.2) is 26.1 Å². The Bertz CT molecular complexity index is 1390. The number of hydrogen-bond donors (Lipinski definition) is 0. The zero-order chi connectivity index (χ0) is 23.6. The van der Waals surface area contributed by atoms with Crippen molar-refractivity contribution in [3.05, 3.63) is 41.2 Å². The predicted molar refractivity (Wildman–Crippen MR) is 118 cm³/mol. The van der Waals surface area contributed by atoms with Crippen LogP contribution >= 0.6 is 11.3 Å². The molecule has 0 radical (unpaired) electrons. The van der Waals surface area contributed by atoms with E-state index in [0.717, 1.165) is 11.3 Å². The third-order valence-corrected chi connectivity index (χ3v) is 7.38. The highest BCUT2D eigenvalue weighted by Crippen LogP contribution is 2.37. The van der Waals surface area contributed by atoms with E-state index < -0.39 is 27.5 Å². The summed E-state index contributed by atoms with van der Waals surface area (Å²) in [6.07, 6.45) is 0. The number of ether oxygens (including phenoxy) is 4. The number of fused-ring (bicyclic) bond motifs is 2. The van der Waals surface area contributed by atoms with Gasteiger partial charge in [0.1, 0.15) is 18.0 Å². The molecule has 12 heteroatoms. The molecule has 3 aromatic rings. The van der Waals surface area contributed by atoms with Crippen molar-refractivity contribution in [2.24, 2.45) is 4.99 Å². The van der Waals surface area contributed by atoms with Crippen LogP contribution in [0.25, 0.3) is 10.2 Å². The van der Waals surface area contributed by atoms with E-state index in [9.17, 15) is 18.0 Å². The van der Waals surface area contributed by atoms with Gasteiger partial charge in [-0.15, -0.1) is 0 Å². The number of sulfone groups is 1. The molecule has 0 atom stereocenters. The van der Waals surface area contributed by atoms with Crippen LogP contribution in [0, 0.1) is 0 Å². The standard InChI is InChI=1S/C21H20N2O8S2/c1-3-29-20(25)10-23-15-8-16-17(31-12-30-16)9-18(15)32-21(23)22-19(24)11-33(26,27)14-6-4-13(28-2)5-7-14/h4-9H,3,10-12H2,1-2H3. The Hall–Kier alpha value is -3.38. The Morgan fingerprint density at radius 2 is 1.85 bits per heavy atom. The van der Waals surface area contributed by atoms with E-state index in [1.807, 2.05) is 0 Å². The maximum atomic E-state index is 12.7. The summed E-state index contributed by atoms with van der Waals surface area (Å²) in [5.74, 6) is -0.681. The molecule has 2 aromatic carbocycles. The van der Waals surface area contributed by atoms with E-state index in [-0.39, 0.29) is 29.6 Å². The number of amides is 1. The fraction of sp³-hybridized carbons (Fsp3) is 0.286. The molecular formula is C21H20N2O8S2. The Balaban J connectivity index is 1.70. The summed E-state index contributed by atoms with van der Waals surface area (Å²) in [5, 5.41) is 0. The van der Waals surface area contributed by atoms with E-state index in [1.54, 1.807) is 19.1 Å². The minimum Gasteiger partial charge on any atom is -0.497 e. The smallest absolute Gasteiger partial charge is 0.326 e. The fourth-order valence-electron chi connectivity index (χ4n) is 3.20. The van der Waals surface area contributed by atoms with Gasteiger partial charge >= 0.3 is 5.97 Å². The van der Waals surface area contributed by atoms with Gasteiger partial charge in [-0.3, -0.25) is 9.59 Å². The molecule has 2 heterocycles. The monoisotopic (exact) mass is 492 g/mol. The summed E-state index contributed by atoms with van der Waals surface area (Å²) in [5.41, 5.74) is 0.585. The van der Waals surface area contributed by atoms with E-state index >= 15 is 0 Å². The van der Waals surface area contributed by atoms with Gasteiger partial charge in [-0.2, -0.15) is 4.99 Å². The van der Waals surface area contributed by atoms with Crippen LogP contribution in [-0.4, -0.2) is 51.1 Å². The van der Waals surface area contributed by atoms with Crippen LogP contribution in [0.5, 0.6) is 17.2 Å². The summed E-state index contributed by atoms with van der Waals surface area (Å²) in [6.45, 7) is 1.76. The third kappa shape index (κ3) is 4.86. The summed E-state index contributed by atoms with van der Waals surface area (Å²) in [4.78, 5) is 28.9. The van der Waals surface area contributed by atoms with Crippen molar-refractivity contribution in [3.8, 4) is 17.2 Å². The zero-order valence-electron chi connectivity index (χ0n) is 17.8. The van der Waals surface area contributed by atoms with Crippen LogP contribution in [0.1, 0.15) is 6.92 Å². The van der Waals surface area contributed by atoms with Crippen molar-refractivity contribution >= 4 is 43.3 Å². The normalized spacial score (nSPS) is 13.3. The molecule has 1 amide bonds. The van der Waals surface area contributed by atoms with Gasteiger partial charge in [0.05, 0.1) is 28.8 Å². The first-order valence-corrected chi connectivity index (χ1v) is 12.3. The first-order chi connectivity index (χ1) is 15.8. The van der Waals surface area contributed by atoms with Gasteiger partial charge in [-0.1, -0.05) is 11.3 Å². The average Bonchev–Trinajstić information content (AvgIpc) is 3.36. The minimum absolute atomic E-state index is 0.0201. The zero-order valence-corrected chi connectivity index (χ0v) is 19.4. The van der Waals surface area contributed by atoms with Gasteiger partial charge in [-0.05, 0) is 31.2 Å². The van der Waals surface area contributed by atoms with Gasteiger partial charge in [0.25, 0.3) is 5.91 Å². The lowest BCUT2D eigenvalue weighted by molar-refractivity contribution is -0.143. The van der Waals surface area contributed by atoms with Crippen LogP contribution in [0.4, 0.5) is 0 Å². The second kappa shape index (κ2) is 9.24. The number of hydrogen-bond acceptors (Lipinski definition) is 9. The Kier molecular flexibility index (Phi) is 6.38. The van der Waals surface area contributed by atoms with Crippen molar-refractivity contribution in [2.45, 2.75) is 18.4 Å². The van der Waals surface area contributed by atoms with Crippen molar-refractivity contribution < 1.29 is 37.0 Å². The Morgan fingerprint density at radius 3 is 2.52 bits per heavy atom. The highest BCUT2D eigenvalue weighted by Gasteiger charge is 2.22. The molecule has 33 heavy (non-hydrogen) atoms. The molecule has 0 bridgehead atoms. The summed E-state index contributed by atoms with van der Waals surface area (Å²) >= 11 is 1.13. The van der Waals surface area contributed by atoms with Crippen LogP contribution in [0.3, 0.4) is 0 Å². The van der Waals surface area contributed by atoms with E-state index in [4.69, 9.17) is 18.9 Å². The third-order valence-electron chi connectivity index (χ3n) is 4.72. The van der Waals surface area contributed by atoms with Gasteiger partial charge < -0.3 is 23.5 Å². The first-order valence-electron chi connectivity index (χ1n) is 9.83. The molecule has 0 saturated heterocycles. The molecule has 0 aliphatic carbocycles. The number of esters is 1. The lowest BCUT2D eigenvalue weighted by Gasteiger charge is -2.06. The molecule has 174 valence electrons. The number of aromatic nitrogens is 1. The molecular weight excluding hydrogens is 472 g/mol. The SMILES string of the molecule is CCOC(=O)Cn1c(=NC(=O)CS(=O)(=O)c2ccc(OC)cc2)sc2cc3c(cc21)OCO3. The molecule has 0 unspecified atom stereocenters. The lowest BCUT2D eigenvalue weighted by atomic mass is 10.3. The van der Waals surface area contributed by atoms with Crippen LogP contribution in [-0.2, 0) is 30.7 Å². The second-order valence-electron chi connectivity index (χ2n) is 6.89. The summed E-state index contributed by atoms with van der Waals surface area (Å²) in [6, 6.07) is 9.13.